The van der Waals surface area contributed by atoms with Crippen LogP contribution in [0.4, 0.5) is 0 Å². The van der Waals surface area contributed by atoms with Crippen molar-refractivity contribution in [2.45, 2.75) is 33.1 Å². The molecule has 1 fully saturated rings. The lowest BCUT2D eigenvalue weighted by atomic mass is 9.78. The number of Topliss-reactive ketones (excluding diaryl/α,β-unsaturated/α-hetero) is 1. The van der Waals surface area contributed by atoms with Gasteiger partial charge >= 0.3 is 0 Å². The predicted molar refractivity (Wildman–Crippen MR) is 47.9 cm³/mol. The third-order valence-corrected chi connectivity index (χ3v) is 2.58. The average molecular weight is 168 g/mol. The lowest BCUT2D eigenvalue weighted by molar-refractivity contribution is -0.121. The molecule has 0 aromatic rings. The van der Waals surface area contributed by atoms with Gasteiger partial charge < -0.3 is 5.11 Å². The lowest BCUT2D eigenvalue weighted by Gasteiger charge is -2.24. The second-order valence-electron chi connectivity index (χ2n) is 3.76. The number of hydrogen-bond donors (Lipinski definition) is 1. The van der Waals surface area contributed by atoms with Crippen LogP contribution in [0.25, 0.3) is 0 Å². The highest BCUT2D eigenvalue weighted by atomic mass is 16.2. The van der Waals surface area contributed by atoms with Crippen LogP contribution in [0, 0.1) is 11.8 Å². The highest BCUT2D eigenvalue weighted by Gasteiger charge is 2.28. The summed E-state index contributed by atoms with van der Waals surface area (Å²) in [6.07, 6.45) is 3.74. The molecule has 1 unspecified atom stereocenters. The van der Waals surface area contributed by atoms with Crippen molar-refractivity contribution in [1.29, 1.82) is 0 Å². The topological polar surface area (TPSA) is 37.3 Å². The molecule has 1 rings (SSSR count). The molecule has 0 aromatic heterocycles. The van der Waals surface area contributed by atoms with Crippen molar-refractivity contribution in [2.75, 3.05) is 0 Å². The van der Waals surface area contributed by atoms with Gasteiger partial charge in [-0.1, -0.05) is 13.8 Å². The minimum absolute atomic E-state index is 0.136. The molecule has 0 spiro atoms. The van der Waals surface area contributed by atoms with Gasteiger partial charge in [0.05, 0.1) is 6.26 Å². The molecule has 0 radical (unpaired) electrons. The maximum atomic E-state index is 11.6. The quantitative estimate of drug-likeness (QED) is 0.482. The normalized spacial score (nSPS) is 28.4. The molecule has 2 heteroatoms. The van der Waals surface area contributed by atoms with Gasteiger partial charge in [0.15, 0.2) is 5.78 Å². The molecule has 0 amide bonds. The zero-order valence-corrected chi connectivity index (χ0v) is 7.71. The van der Waals surface area contributed by atoms with Crippen LogP contribution in [0.3, 0.4) is 0 Å². The number of carbonyl (C=O) groups excluding carboxylic acids is 1. The fourth-order valence-corrected chi connectivity index (χ4v) is 1.77. The second kappa shape index (κ2) is 3.74. The summed E-state index contributed by atoms with van der Waals surface area (Å²) in [5.74, 6) is 0.684. The van der Waals surface area contributed by atoms with Crippen molar-refractivity contribution in [3.05, 3.63) is 11.8 Å². The van der Waals surface area contributed by atoms with Gasteiger partial charge in [-0.2, -0.15) is 0 Å². The molecule has 0 aromatic carbocycles. The number of ketones is 1. The largest absolute Gasteiger partial charge is 0.515 e. The Hall–Kier alpha value is -0.790. The number of allylic oxidation sites excluding steroid dienone is 1. The van der Waals surface area contributed by atoms with E-state index in [0.717, 1.165) is 25.5 Å². The smallest absolute Gasteiger partial charge is 0.165 e. The number of carbonyl (C=O) groups is 1. The second-order valence-corrected chi connectivity index (χ2v) is 3.76. The third-order valence-electron chi connectivity index (χ3n) is 2.58. The van der Waals surface area contributed by atoms with Gasteiger partial charge in [-0.25, -0.2) is 0 Å². The first-order valence-corrected chi connectivity index (χ1v) is 4.54. The number of aliphatic hydroxyl groups excluding tert-OH is 1. The molecular formula is C10H16O2. The molecule has 2 nitrogen and oxygen atoms in total. The Labute approximate surface area is 73.3 Å². The molecule has 1 aliphatic carbocycles. The van der Waals surface area contributed by atoms with E-state index in [1.54, 1.807) is 0 Å². The number of rotatable bonds is 1. The van der Waals surface area contributed by atoms with E-state index in [1.165, 1.54) is 0 Å². The zero-order valence-electron chi connectivity index (χ0n) is 7.71. The van der Waals surface area contributed by atoms with Crippen molar-refractivity contribution in [2.24, 2.45) is 11.8 Å². The Morgan fingerprint density at radius 2 is 2.25 bits per heavy atom. The van der Waals surface area contributed by atoms with Gasteiger partial charge in [-0.05, 0) is 25.2 Å². The van der Waals surface area contributed by atoms with Crippen LogP contribution in [0.1, 0.15) is 33.1 Å². The average Bonchev–Trinajstić information content (AvgIpc) is 2.04. The Morgan fingerprint density at radius 3 is 2.75 bits per heavy atom. The highest BCUT2D eigenvalue weighted by molar-refractivity contribution is 5.97. The summed E-state index contributed by atoms with van der Waals surface area (Å²) in [5.41, 5.74) is 0.611. The zero-order chi connectivity index (χ0) is 9.14. The van der Waals surface area contributed by atoms with Crippen LogP contribution in [0.5, 0.6) is 0 Å². The summed E-state index contributed by atoms with van der Waals surface area (Å²) >= 11 is 0. The van der Waals surface area contributed by atoms with Gasteiger partial charge in [-0.3, -0.25) is 4.79 Å². The third kappa shape index (κ3) is 1.68. The van der Waals surface area contributed by atoms with E-state index in [2.05, 4.69) is 13.8 Å². The minimum atomic E-state index is 0.136. The summed E-state index contributed by atoms with van der Waals surface area (Å²) < 4.78 is 0. The van der Waals surface area contributed by atoms with Gasteiger partial charge in [0, 0.05) is 11.5 Å². The van der Waals surface area contributed by atoms with Crippen LogP contribution in [-0.4, -0.2) is 10.9 Å². The van der Waals surface area contributed by atoms with Crippen molar-refractivity contribution in [3.8, 4) is 0 Å². The summed E-state index contributed by atoms with van der Waals surface area (Å²) in [6, 6.07) is 0. The standard InChI is InChI=1S/C10H16O2/c1-7(2)9-5-3-4-8(6-11)10(9)12/h6-7,9,11H,3-5H2,1-2H3. The summed E-state index contributed by atoms with van der Waals surface area (Å²) in [4.78, 5) is 11.6. The fraction of sp³-hybridized carbons (Fsp3) is 0.700. The summed E-state index contributed by atoms with van der Waals surface area (Å²) in [5, 5.41) is 8.78. The van der Waals surface area contributed by atoms with E-state index >= 15 is 0 Å². The Kier molecular flexibility index (Phi) is 2.90. The van der Waals surface area contributed by atoms with Crippen molar-refractivity contribution >= 4 is 5.78 Å². The molecule has 1 saturated carbocycles. The van der Waals surface area contributed by atoms with E-state index < -0.39 is 0 Å². The Bertz CT molecular complexity index is 204. The monoisotopic (exact) mass is 168 g/mol. The fourth-order valence-electron chi connectivity index (χ4n) is 1.77. The van der Waals surface area contributed by atoms with Crippen molar-refractivity contribution in [1.82, 2.24) is 0 Å². The van der Waals surface area contributed by atoms with Crippen LogP contribution < -0.4 is 0 Å². The van der Waals surface area contributed by atoms with Gasteiger partial charge in [-0.15, -0.1) is 0 Å². The first-order chi connectivity index (χ1) is 5.66. The molecule has 0 heterocycles. The SMILES string of the molecule is CC(C)C1CCCC(=CO)C1=O. The predicted octanol–water partition coefficient (Wildman–Crippen LogP) is 2.45. The van der Waals surface area contributed by atoms with Gasteiger partial charge in [0.25, 0.3) is 0 Å². The first-order valence-electron chi connectivity index (χ1n) is 4.54. The highest BCUT2D eigenvalue weighted by Crippen LogP contribution is 2.29. The molecule has 1 aliphatic rings. The van der Waals surface area contributed by atoms with E-state index in [0.29, 0.717) is 11.5 Å². The van der Waals surface area contributed by atoms with E-state index in [1.807, 2.05) is 0 Å². The summed E-state index contributed by atoms with van der Waals surface area (Å²) in [6.45, 7) is 4.12. The summed E-state index contributed by atoms with van der Waals surface area (Å²) in [7, 11) is 0. The molecular weight excluding hydrogens is 152 g/mol. The maximum Gasteiger partial charge on any atom is 0.165 e. The Morgan fingerprint density at radius 1 is 1.58 bits per heavy atom. The van der Waals surface area contributed by atoms with Gasteiger partial charge in [0.2, 0.25) is 0 Å². The molecule has 68 valence electrons. The van der Waals surface area contributed by atoms with Crippen LogP contribution in [-0.2, 0) is 4.79 Å². The van der Waals surface area contributed by atoms with E-state index in [4.69, 9.17) is 5.11 Å². The van der Waals surface area contributed by atoms with Crippen molar-refractivity contribution in [3.63, 3.8) is 0 Å². The Balaban J connectivity index is 2.73. The molecule has 0 saturated heterocycles. The molecule has 12 heavy (non-hydrogen) atoms. The van der Waals surface area contributed by atoms with Crippen LogP contribution >= 0.6 is 0 Å². The first kappa shape index (κ1) is 9.30. The minimum Gasteiger partial charge on any atom is -0.515 e. The van der Waals surface area contributed by atoms with Crippen LogP contribution in [0.2, 0.25) is 0 Å². The molecule has 1 N–H and O–H groups in total. The molecule has 0 bridgehead atoms. The van der Waals surface area contributed by atoms with Gasteiger partial charge in [0.1, 0.15) is 0 Å². The number of hydrogen-bond acceptors (Lipinski definition) is 2. The number of aliphatic hydroxyl groups is 1. The van der Waals surface area contributed by atoms with E-state index in [9.17, 15) is 4.79 Å². The molecule has 0 aliphatic heterocycles. The molecule has 1 atom stereocenters. The van der Waals surface area contributed by atoms with E-state index in [-0.39, 0.29) is 11.7 Å². The lowest BCUT2D eigenvalue weighted by Crippen LogP contribution is -2.25. The van der Waals surface area contributed by atoms with Crippen molar-refractivity contribution < 1.29 is 9.90 Å². The maximum absolute atomic E-state index is 11.6. The van der Waals surface area contributed by atoms with Crippen LogP contribution in [0.15, 0.2) is 11.8 Å².